The minimum absolute atomic E-state index is 1.09. The van der Waals surface area contributed by atoms with Crippen molar-refractivity contribution in [3.05, 3.63) is 0 Å². The van der Waals surface area contributed by atoms with E-state index in [0.717, 1.165) is 23.7 Å². The number of hydrogen-bond donors (Lipinski definition) is 0. The summed E-state index contributed by atoms with van der Waals surface area (Å²) < 4.78 is 0. The molecule has 2 aliphatic carbocycles. The normalized spacial score (nSPS) is 32.1. The Morgan fingerprint density at radius 1 is 0.478 bits per heavy atom. The Bertz CT molecular complexity index is 238. The molecule has 136 valence electrons. The molecule has 2 rings (SSSR count). The largest absolute Gasteiger partial charge is 0.0654 e. The van der Waals surface area contributed by atoms with Crippen molar-refractivity contribution in [1.82, 2.24) is 0 Å². The van der Waals surface area contributed by atoms with Crippen molar-refractivity contribution in [2.24, 2.45) is 23.7 Å². The van der Waals surface area contributed by atoms with Gasteiger partial charge in [0.2, 0.25) is 0 Å². The van der Waals surface area contributed by atoms with E-state index in [1.807, 2.05) is 0 Å². The average Bonchev–Trinajstić information content (AvgIpc) is 2.58. The maximum Gasteiger partial charge on any atom is -0.0411 e. The molecule has 2 fully saturated rings. The van der Waals surface area contributed by atoms with E-state index in [1.165, 1.54) is 51.4 Å². The van der Waals surface area contributed by atoms with Crippen molar-refractivity contribution in [2.45, 2.75) is 123 Å². The molecule has 0 heterocycles. The van der Waals surface area contributed by atoms with E-state index < -0.39 is 0 Å². The molecule has 0 nitrogen and oxygen atoms in total. The molecule has 0 unspecified atom stereocenters. The van der Waals surface area contributed by atoms with Crippen LogP contribution in [0.25, 0.3) is 0 Å². The van der Waals surface area contributed by atoms with Gasteiger partial charge in [-0.3, -0.25) is 0 Å². The smallest absolute Gasteiger partial charge is 0.0411 e. The minimum Gasteiger partial charge on any atom is -0.0654 e. The summed E-state index contributed by atoms with van der Waals surface area (Å²) in [6.07, 6.45) is 25.8. The predicted octanol–water partition coefficient (Wildman–Crippen LogP) is 8.15. The fourth-order valence-electron chi connectivity index (χ4n) is 5.35. The van der Waals surface area contributed by atoms with E-state index >= 15 is 0 Å². The lowest BCUT2D eigenvalue weighted by atomic mass is 9.72. The number of rotatable bonds is 10. The van der Waals surface area contributed by atoms with Crippen LogP contribution in [0.1, 0.15) is 123 Å². The molecule has 0 heteroatoms. The molecular formula is C23H44. The van der Waals surface area contributed by atoms with Crippen LogP contribution in [0.15, 0.2) is 0 Å². The van der Waals surface area contributed by atoms with Crippen LogP contribution in [-0.2, 0) is 0 Å². The van der Waals surface area contributed by atoms with Gasteiger partial charge < -0.3 is 0 Å². The second-order valence-electron chi connectivity index (χ2n) is 9.00. The van der Waals surface area contributed by atoms with Gasteiger partial charge in [-0.2, -0.15) is 0 Å². The van der Waals surface area contributed by atoms with Gasteiger partial charge in [0.05, 0.1) is 0 Å². The van der Waals surface area contributed by atoms with E-state index in [0.29, 0.717) is 0 Å². The van der Waals surface area contributed by atoms with Crippen molar-refractivity contribution in [3.63, 3.8) is 0 Å². The molecule has 0 bridgehead atoms. The van der Waals surface area contributed by atoms with E-state index in [1.54, 1.807) is 57.8 Å². The average molecular weight is 321 g/mol. The van der Waals surface area contributed by atoms with Gasteiger partial charge in [-0.1, -0.05) is 117 Å². The van der Waals surface area contributed by atoms with Gasteiger partial charge in [0.15, 0.2) is 0 Å². The summed E-state index contributed by atoms with van der Waals surface area (Å²) in [5, 5.41) is 0. The molecule has 0 amide bonds. The lowest BCUT2D eigenvalue weighted by Crippen LogP contribution is -2.21. The fraction of sp³-hybridized carbons (Fsp3) is 1.00. The van der Waals surface area contributed by atoms with Crippen molar-refractivity contribution in [3.8, 4) is 0 Å². The Labute approximate surface area is 147 Å². The fourth-order valence-corrected chi connectivity index (χ4v) is 5.35. The highest BCUT2D eigenvalue weighted by Gasteiger charge is 2.26. The first-order valence-electron chi connectivity index (χ1n) is 11.3. The standard InChI is InChI=1S/C23H44/c1-3-5-7-9-20-11-15-22(16-12-20)19-23-17-13-21(14-18-23)10-8-6-4-2/h20-23H,3-19H2,1-2H3. The first-order chi connectivity index (χ1) is 11.3. The lowest BCUT2D eigenvalue weighted by Gasteiger charge is -2.34. The van der Waals surface area contributed by atoms with Crippen molar-refractivity contribution in [2.75, 3.05) is 0 Å². The van der Waals surface area contributed by atoms with Crippen LogP contribution in [-0.4, -0.2) is 0 Å². The van der Waals surface area contributed by atoms with Gasteiger partial charge in [-0.25, -0.2) is 0 Å². The third-order valence-electron chi connectivity index (χ3n) is 7.03. The van der Waals surface area contributed by atoms with Crippen LogP contribution in [0.4, 0.5) is 0 Å². The molecule has 2 saturated carbocycles. The number of unbranched alkanes of at least 4 members (excludes halogenated alkanes) is 4. The third-order valence-corrected chi connectivity index (χ3v) is 7.03. The van der Waals surface area contributed by atoms with Gasteiger partial charge in [-0.15, -0.1) is 0 Å². The van der Waals surface area contributed by atoms with Crippen LogP contribution in [0.5, 0.6) is 0 Å². The van der Waals surface area contributed by atoms with Gasteiger partial charge in [0.25, 0.3) is 0 Å². The van der Waals surface area contributed by atoms with Crippen LogP contribution < -0.4 is 0 Å². The van der Waals surface area contributed by atoms with Crippen molar-refractivity contribution in [1.29, 1.82) is 0 Å². The summed E-state index contributed by atoms with van der Waals surface area (Å²) in [6, 6.07) is 0. The predicted molar refractivity (Wildman–Crippen MR) is 104 cm³/mol. The van der Waals surface area contributed by atoms with Crippen LogP contribution in [0.2, 0.25) is 0 Å². The molecule has 0 aromatic rings. The zero-order valence-corrected chi connectivity index (χ0v) is 16.3. The molecular weight excluding hydrogens is 276 g/mol. The zero-order chi connectivity index (χ0) is 16.3. The number of hydrogen-bond acceptors (Lipinski definition) is 0. The Hall–Kier alpha value is 0. The van der Waals surface area contributed by atoms with Crippen molar-refractivity contribution < 1.29 is 0 Å². The Balaban J connectivity index is 1.53. The first kappa shape index (κ1) is 19.3. The third kappa shape index (κ3) is 7.61. The lowest BCUT2D eigenvalue weighted by molar-refractivity contribution is 0.183. The Kier molecular flexibility index (Phi) is 9.69. The summed E-state index contributed by atoms with van der Waals surface area (Å²) in [4.78, 5) is 0. The van der Waals surface area contributed by atoms with E-state index in [-0.39, 0.29) is 0 Å². The maximum absolute atomic E-state index is 2.33. The zero-order valence-electron chi connectivity index (χ0n) is 16.3. The van der Waals surface area contributed by atoms with Gasteiger partial charge in [-0.05, 0) is 30.1 Å². The highest BCUT2D eigenvalue weighted by molar-refractivity contribution is 4.78. The summed E-state index contributed by atoms with van der Waals surface area (Å²) in [7, 11) is 0. The summed E-state index contributed by atoms with van der Waals surface area (Å²) >= 11 is 0. The van der Waals surface area contributed by atoms with Gasteiger partial charge >= 0.3 is 0 Å². The second kappa shape index (κ2) is 11.5. The monoisotopic (exact) mass is 320 g/mol. The van der Waals surface area contributed by atoms with Crippen molar-refractivity contribution >= 4 is 0 Å². The van der Waals surface area contributed by atoms with Crippen LogP contribution in [0, 0.1) is 23.7 Å². The molecule has 0 aromatic carbocycles. The van der Waals surface area contributed by atoms with Crippen LogP contribution in [0.3, 0.4) is 0 Å². The molecule has 0 aromatic heterocycles. The summed E-state index contributed by atoms with van der Waals surface area (Å²) in [5.41, 5.74) is 0. The molecule has 0 atom stereocenters. The molecule has 0 radical (unpaired) electrons. The summed E-state index contributed by atoms with van der Waals surface area (Å²) in [6.45, 7) is 4.66. The van der Waals surface area contributed by atoms with Gasteiger partial charge in [0, 0.05) is 0 Å². The van der Waals surface area contributed by atoms with Crippen LogP contribution >= 0.6 is 0 Å². The summed E-state index contributed by atoms with van der Waals surface area (Å²) in [5.74, 6) is 4.37. The van der Waals surface area contributed by atoms with E-state index in [4.69, 9.17) is 0 Å². The first-order valence-corrected chi connectivity index (χ1v) is 11.3. The highest BCUT2D eigenvalue weighted by atomic mass is 14.3. The van der Waals surface area contributed by atoms with Gasteiger partial charge in [0.1, 0.15) is 0 Å². The molecule has 23 heavy (non-hydrogen) atoms. The topological polar surface area (TPSA) is 0 Å². The Morgan fingerprint density at radius 2 is 0.826 bits per heavy atom. The highest BCUT2D eigenvalue weighted by Crippen LogP contribution is 2.40. The molecule has 0 saturated heterocycles. The van der Waals surface area contributed by atoms with E-state index in [9.17, 15) is 0 Å². The SMILES string of the molecule is CCCCCC1CCC(CC2CCC(CCCCC)CC2)CC1. The quantitative estimate of drug-likeness (QED) is 0.356. The molecule has 0 spiro atoms. The molecule has 0 aliphatic heterocycles. The minimum atomic E-state index is 1.09. The Morgan fingerprint density at radius 3 is 1.17 bits per heavy atom. The molecule has 0 N–H and O–H groups in total. The van der Waals surface area contributed by atoms with E-state index in [2.05, 4.69) is 13.8 Å². The maximum atomic E-state index is 2.33. The molecule has 2 aliphatic rings. The second-order valence-corrected chi connectivity index (χ2v) is 9.00.